The van der Waals surface area contributed by atoms with Crippen molar-refractivity contribution in [1.29, 1.82) is 0 Å². The lowest BCUT2D eigenvalue weighted by atomic mass is 9.84. The molecule has 9 rings (SSSR count). The smallest absolute Gasteiger partial charge is 0.159 e. The zero-order valence-corrected chi connectivity index (χ0v) is 26.2. The molecule has 0 bridgehead atoms. The van der Waals surface area contributed by atoms with Crippen LogP contribution in [0.1, 0.15) is 22.9 Å². The predicted octanol–water partition coefficient (Wildman–Crippen LogP) is 11.0. The van der Waals surface area contributed by atoms with E-state index in [4.69, 9.17) is 9.98 Å². The molecule has 48 heavy (non-hydrogen) atoms. The van der Waals surface area contributed by atoms with Crippen LogP contribution >= 0.6 is 0 Å². The number of hydrogen-bond acceptors (Lipinski definition) is 3. The van der Waals surface area contributed by atoms with Gasteiger partial charge in [0, 0.05) is 11.1 Å². The molecule has 1 N–H and O–H groups in total. The molecule has 0 spiro atoms. The summed E-state index contributed by atoms with van der Waals surface area (Å²) in [4.78, 5) is 10.1. The number of fused-ring (bicyclic) bond motifs is 3. The summed E-state index contributed by atoms with van der Waals surface area (Å²) in [6.45, 7) is 0. The maximum Gasteiger partial charge on any atom is 0.159 e. The average molecular weight is 614 g/mol. The first kappa shape index (κ1) is 27.9. The van der Waals surface area contributed by atoms with Crippen LogP contribution in [0.4, 0.5) is 0 Å². The Morgan fingerprint density at radius 3 is 1.58 bits per heavy atom. The van der Waals surface area contributed by atoms with Crippen molar-refractivity contribution < 1.29 is 0 Å². The van der Waals surface area contributed by atoms with E-state index in [2.05, 4.69) is 157 Å². The van der Waals surface area contributed by atoms with Gasteiger partial charge in [0.1, 0.15) is 12.0 Å². The number of hydrogen-bond donors (Lipinski definition) is 1. The van der Waals surface area contributed by atoms with E-state index in [9.17, 15) is 0 Å². The first-order valence-corrected chi connectivity index (χ1v) is 16.4. The van der Waals surface area contributed by atoms with Crippen molar-refractivity contribution in [3.63, 3.8) is 0 Å². The van der Waals surface area contributed by atoms with Crippen LogP contribution in [-0.4, -0.2) is 11.7 Å². The lowest BCUT2D eigenvalue weighted by Gasteiger charge is -2.23. The van der Waals surface area contributed by atoms with Crippen molar-refractivity contribution in [3.05, 3.63) is 193 Å². The second-order valence-corrected chi connectivity index (χ2v) is 12.2. The standard InChI is InChI=1S/C45H31N3/c1-3-15-32(16-4-1)43-46-44(33-17-5-2-6-18-33)48-45(47-43)34-28-26-31(27-29-34)41-37-21-9-11-23-39(37)42(40-24-12-10-22-38(40)41)36-25-13-19-30-14-7-8-20-35(30)36/h1-29,43H,(H,46,47,48). The van der Waals surface area contributed by atoms with E-state index < -0.39 is 0 Å². The largest absolute Gasteiger partial charge is 0.344 e. The zero-order chi connectivity index (χ0) is 31.9. The van der Waals surface area contributed by atoms with Crippen LogP contribution < -0.4 is 5.32 Å². The van der Waals surface area contributed by atoms with Gasteiger partial charge in [-0.15, -0.1) is 0 Å². The van der Waals surface area contributed by atoms with Crippen molar-refractivity contribution in [1.82, 2.24) is 5.32 Å². The van der Waals surface area contributed by atoms with E-state index in [0.29, 0.717) is 5.84 Å². The minimum Gasteiger partial charge on any atom is -0.344 e. The first-order valence-electron chi connectivity index (χ1n) is 16.4. The second kappa shape index (κ2) is 11.8. The van der Waals surface area contributed by atoms with Crippen LogP contribution in [0.15, 0.2) is 186 Å². The molecular formula is C45H31N3. The third-order valence-electron chi connectivity index (χ3n) is 9.33. The average Bonchev–Trinajstić information content (AvgIpc) is 3.17. The van der Waals surface area contributed by atoms with E-state index in [1.54, 1.807) is 0 Å². The normalized spacial score (nSPS) is 14.5. The summed E-state index contributed by atoms with van der Waals surface area (Å²) < 4.78 is 0. The van der Waals surface area contributed by atoms with Crippen LogP contribution in [0.5, 0.6) is 0 Å². The van der Waals surface area contributed by atoms with Crippen LogP contribution in [0.3, 0.4) is 0 Å². The highest BCUT2D eigenvalue weighted by Crippen LogP contribution is 2.45. The minimum absolute atomic E-state index is 0.233. The molecular weight excluding hydrogens is 583 g/mol. The Labute approximate surface area is 279 Å². The van der Waals surface area contributed by atoms with Crippen molar-refractivity contribution in [2.75, 3.05) is 0 Å². The molecule has 0 saturated heterocycles. The summed E-state index contributed by atoms with van der Waals surface area (Å²) in [6.07, 6.45) is -0.233. The Bertz CT molecular complexity index is 2450. The van der Waals surface area contributed by atoms with Gasteiger partial charge >= 0.3 is 0 Å². The quantitative estimate of drug-likeness (QED) is 0.193. The lowest BCUT2D eigenvalue weighted by Crippen LogP contribution is -2.33. The van der Waals surface area contributed by atoms with Gasteiger partial charge in [0.25, 0.3) is 0 Å². The third-order valence-corrected chi connectivity index (χ3v) is 9.33. The van der Waals surface area contributed by atoms with Gasteiger partial charge in [-0.25, -0.2) is 9.98 Å². The summed E-state index contributed by atoms with van der Waals surface area (Å²) in [5.74, 6) is 1.54. The third kappa shape index (κ3) is 4.85. The number of benzene rings is 8. The Balaban J connectivity index is 1.20. The van der Waals surface area contributed by atoms with Gasteiger partial charge < -0.3 is 5.32 Å². The molecule has 1 unspecified atom stereocenters. The van der Waals surface area contributed by atoms with E-state index in [0.717, 1.165) is 28.1 Å². The molecule has 1 heterocycles. The molecule has 0 amide bonds. The molecule has 0 saturated carbocycles. The summed E-state index contributed by atoms with van der Waals surface area (Å²) in [5.41, 5.74) is 8.04. The van der Waals surface area contributed by atoms with Crippen molar-refractivity contribution in [2.24, 2.45) is 9.98 Å². The van der Waals surface area contributed by atoms with Crippen LogP contribution in [-0.2, 0) is 0 Å². The van der Waals surface area contributed by atoms with Gasteiger partial charge in [-0.05, 0) is 60.1 Å². The van der Waals surface area contributed by atoms with Gasteiger partial charge in [-0.2, -0.15) is 0 Å². The Morgan fingerprint density at radius 1 is 0.396 bits per heavy atom. The van der Waals surface area contributed by atoms with Gasteiger partial charge in [0.2, 0.25) is 0 Å². The maximum atomic E-state index is 5.09. The zero-order valence-electron chi connectivity index (χ0n) is 26.2. The van der Waals surface area contributed by atoms with E-state index in [-0.39, 0.29) is 6.17 Å². The number of rotatable bonds is 5. The molecule has 226 valence electrons. The molecule has 3 nitrogen and oxygen atoms in total. The van der Waals surface area contributed by atoms with Crippen LogP contribution in [0.2, 0.25) is 0 Å². The minimum atomic E-state index is -0.233. The Hall–Kier alpha value is -6.32. The van der Waals surface area contributed by atoms with Crippen molar-refractivity contribution in [3.8, 4) is 22.3 Å². The number of nitrogens with one attached hydrogen (secondary N) is 1. The highest BCUT2D eigenvalue weighted by Gasteiger charge is 2.22. The summed E-state index contributed by atoms with van der Waals surface area (Å²) >= 11 is 0. The molecule has 0 radical (unpaired) electrons. The molecule has 8 aromatic rings. The fourth-order valence-electron chi connectivity index (χ4n) is 7.09. The van der Waals surface area contributed by atoms with E-state index >= 15 is 0 Å². The molecule has 1 atom stereocenters. The molecule has 0 fully saturated rings. The van der Waals surface area contributed by atoms with E-state index in [1.165, 1.54) is 49.0 Å². The monoisotopic (exact) mass is 613 g/mol. The first-order chi connectivity index (χ1) is 23.8. The highest BCUT2D eigenvalue weighted by molar-refractivity contribution is 6.23. The Kier molecular flexibility index (Phi) is 6.87. The van der Waals surface area contributed by atoms with Crippen molar-refractivity contribution >= 4 is 44.0 Å². The molecule has 0 aromatic heterocycles. The molecule has 8 aromatic carbocycles. The van der Waals surface area contributed by atoms with Gasteiger partial charge in [-0.1, -0.05) is 176 Å². The molecule has 1 aliphatic rings. The van der Waals surface area contributed by atoms with E-state index in [1.807, 2.05) is 24.3 Å². The predicted molar refractivity (Wildman–Crippen MR) is 202 cm³/mol. The number of nitrogens with zero attached hydrogens (tertiary/aromatic N) is 2. The summed E-state index contributed by atoms with van der Waals surface area (Å²) in [7, 11) is 0. The second-order valence-electron chi connectivity index (χ2n) is 12.2. The SMILES string of the molecule is c1ccc(C2=NC(c3ccc(-c4c5ccccc5c(-c5cccc6ccccc56)c5ccccc45)cc3)=NC(c3ccccc3)N2)cc1. The summed E-state index contributed by atoms with van der Waals surface area (Å²) in [5, 5.41) is 11.0. The van der Waals surface area contributed by atoms with Gasteiger partial charge in [0.05, 0.1) is 0 Å². The highest BCUT2D eigenvalue weighted by atomic mass is 15.2. The number of aliphatic imine (C=N–C) groups is 2. The van der Waals surface area contributed by atoms with Crippen LogP contribution in [0.25, 0.3) is 54.6 Å². The van der Waals surface area contributed by atoms with Gasteiger partial charge in [-0.3, -0.25) is 0 Å². The maximum absolute atomic E-state index is 5.09. The fourth-order valence-corrected chi connectivity index (χ4v) is 7.09. The molecule has 1 aliphatic heterocycles. The number of amidine groups is 2. The fraction of sp³-hybridized carbons (Fsp3) is 0.0222. The summed E-state index contributed by atoms with van der Waals surface area (Å²) in [6, 6.07) is 62.3. The van der Waals surface area contributed by atoms with Crippen LogP contribution in [0, 0.1) is 0 Å². The topological polar surface area (TPSA) is 36.8 Å². The van der Waals surface area contributed by atoms with Gasteiger partial charge in [0.15, 0.2) is 5.84 Å². The molecule has 3 heteroatoms. The Morgan fingerprint density at radius 2 is 0.917 bits per heavy atom. The van der Waals surface area contributed by atoms with Crippen molar-refractivity contribution in [2.45, 2.75) is 6.17 Å². The molecule has 0 aliphatic carbocycles. The lowest BCUT2D eigenvalue weighted by molar-refractivity contribution is 0.674.